The average molecular weight is 487 g/mol. The third-order valence-corrected chi connectivity index (χ3v) is 7.53. The Morgan fingerprint density at radius 1 is 0.970 bits per heavy atom. The summed E-state index contributed by atoms with van der Waals surface area (Å²) < 4.78 is 0. The van der Waals surface area contributed by atoms with Crippen molar-refractivity contribution in [2.75, 3.05) is 31.1 Å². The lowest BCUT2D eigenvalue weighted by molar-refractivity contribution is -0.136. The molecule has 9 heteroatoms. The fourth-order valence-corrected chi connectivity index (χ4v) is 5.34. The highest BCUT2D eigenvalue weighted by Crippen LogP contribution is 2.34. The maximum Gasteiger partial charge on any atom is 0.255 e. The molecule has 3 amide bonds. The van der Waals surface area contributed by atoms with Gasteiger partial charge in [0.15, 0.2) is 0 Å². The normalized spacial score (nSPS) is 21.4. The SMILES string of the molecule is O=C1CCC(N2Cc3c(CN4CCN(c5cccc(Cl)c5Cl)CC4)cccc3C2=O)C(=O)N1. The first-order valence-corrected chi connectivity index (χ1v) is 11.8. The van der Waals surface area contributed by atoms with Crippen LogP contribution < -0.4 is 10.2 Å². The number of fused-ring (bicyclic) bond motifs is 1. The van der Waals surface area contributed by atoms with Gasteiger partial charge in [0.05, 0.1) is 15.7 Å². The molecular weight excluding hydrogens is 463 g/mol. The smallest absolute Gasteiger partial charge is 0.255 e. The second kappa shape index (κ2) is 8.97. The fourth-order valence-electron chi connectivity index (χ4n) is 4.92. The highest BCUT2D eigenvalue weighted by molar-refractivity contribution is 6.43. The molecule has 1 atom stereocenters. The summed E-state index contributed by atoms with van der Waals surface area (Å²) in [5, 5.41) is 3.50. The van der Waals surface area contributed by atoms with E-state index in [4.69, 9.17) is 23.2 Å². The summed E-state index contributed by atoms with van der Waals surface area (Å²) in [6.45, 7) is 4.51. The highest BCUT2D eigenvalue weighted by Gasteiger charge is 2.39. The number of imide groups is 1. The summed E-state index contributed by atoms with van der Waals surface area (Å²) >= 11 is 12.6. The molecule has 3 aliphatic rings. The molecule has 3 heterocycles. The van der Waals surface area contributed by atoms with Crippen LogP contribution in [0, 0.1) is 0 Å². The number of carbonyl (C=O) groups excluding carboxylic acids is 3. The van der Waals surface area contributed by atoms with E-state index >= 15 is 0 Å². The number of hydrogen-bond acceptors (Lipinski definition) is 5. The van der Waals surface area contributed by atoms with E-state index in [0.29, 0.717) is 28.6 Å². The van der Waals surface area contributed by atoms with Crippen LogP contribution in [0.1, 0.15) is 34.3 Å². The molecule has 33 heavy (non-hydrogen) atoms. The second-order valence-corrected chi connectivity index (χ2v) is 9.46. The minimum absolute atomic E-state index is 0.137. The van der Waals surface area contributed by atoms with E-state index in [0.717, 1.165) is 49.5 Å². The van der Waals surface area contributed by atoms with Gasteiger partial charge in [-0.1, -0.05) is 41.4 Å². The molecule has 0 saturated carbocycles. The Labute approximate surface area is 202 Å². The van der Waals surface area contributed by atoms with Crippen molar-refractivity contribution >= 4 is 46.6 Å². The summed E-state index contributed by atoms with van der Waals surface area (Å²) in [6, 6.07) is 10.9. The molecule has 0 bridgehead atoms. The van der Waals surface area contributed by atoms with Crippen LogP contribution in [-0.2, 0) is 22.7 Å². The van der Waals surface area contributed by atoms with Gasteiger partial charge in [-0.2, -0.15) is 0 Å². The maximum absolute atomic E-state index is 13.0. The lowest BCUT2D eigenvalue weighted by Crippen LogP contribution is -2.52. The van der Waals surface area contributed by atoms with Gasteiger partial charge in [-0.25, -0.2) is 0 Å². The van der Waals surface area contributed by atoms with E-state index in [9.17, 15) is 14.4 Å². The van der Waals surface area contributed by atoms with Gasteiger partial charge >= 0.3 is 0 Å². The highest BCUT2D eigenvalue weighted by atomic mass is 35.5. The van der Waals surface area contributed by atoms with E-state index < -0.39 is 6.04 Å². The van der Waals surface area contributed by atoms with Gasteiger partial charge in [0.2, 0.25) is 11.8 Å². The number of benzene rings is 2. The zero-order chi connectivity index (χ0) is 23.1. The molecule has 2 aromatic rings. The van der Waals surface area contributed by atoms with Crippen molar-refractivity contribution in [2.45, 2.75) is 32.0 Å². The Morgan fingerprint density at radius 2 is 1.73 bits per heavy atom. The molecule has 0 radical (unpaired) electrons. The number of amides is 3. The number of nitrogens with zero attached hydrogens (tertiary/aromatic N) is 3. The number of carbonyl (C=O) groups is 3. The molecule has 1 N–H and O–H groups in total. The number of piperidine rings is 1. The Kier molecular flexibility index (Phi) is 6.03. The molecule has 2 fully saturated rings. The van der Waals surface area contributed by atoms with Crippen LogP contribution in [0.4, 0.5) is 5.69 Å². The van der Waals surface area contributed by atoms with Gasteiger partial charge < -0.3 is 9.80 Å². The minimum atomic E-state index is -0.596. The van der Waals surface area contributed by atoms with Crippen molar-refractivity contribution in [1.29, 1.82) is 0 Å². The third kappa shape index (κ3) is 4.21. The average Bonchev–Trinajstić information content (AvgIpc) is 3.14. The van der Waals surface area contributed by atoms with Crippen molar-refractivity contribution < 1.29 is 14.4 Å². The lowest BCUT2D eigenvalue weighted by Gasteiger charge is -2.36. The van der Waals surface area contributed by atoms with Crippen molar-refractivity contribution in [3.8, 4) is 0 Å². The molecular formula is C24H24Cl2N4O3. The number of hydrogen-bond donors (Lipinski definition) is 1. The van der Waals surface area contributed by atoms with Crippen LogP contribution in [0.2, 0.25) is 10.0 Å². The first-order valence-electron chi connectivity index (χ1n) is 11.1. The molecule has 5 rings (SSSR count). The Hall–Kier alpha value is -2.61. The molecule has 1 unspecified atom stereocenters. The zero-order valence-corrected chi connectivity index (χ0v) is 19.5. The predicted molar refractivity (Wildman–Crippen MR) is 126 cm³/mol. The molecule has 7 nitrogen and oxygen atoms in total. The first kappa shape index (κ1) is 22.2. The first-order chi connectivity index (χ1) is 15.9. The second-order valence-electron chi connectivity index (χ2n) is 8.68. The van der Waals surface area contributed by atoms with Crippen molar-refractivity contribution in [1.82, 2.24) is 15.1 Å². The Bertz CT molecular complexity index is 1130. The van der Waals surface area contributed by atoms with E-state index in [2.05, 4.69) is 21.2 Å². The zero-order valence-electron chi connectivity index (χ0n) is 18.0. The standard InChI is InChI=1S/C24H24Cl2N4O3/c25-18-5-2-6-19(22(18)26)29-11-9-28(10-12-29)13-15-3-1-4-16-17(15)14-30(24(16)33)20-7-8-21(31)27-23(20)32/h1-6,20H,7-14H2,(H,27,31,32). The maximum atomic E-state index is 13.0. The van der Waals surface area contributed by atoms with Gasteiger partial charge in [0.25, 0.3) is 5.91 Å². The van der Waals surface area contributed by atoms with Crippen LogP contribution in [0.5, 0.6) is 0 Å². The Balaban J connectivity index is 1.27. The fraction of sp³-hybridized carbons (Fsp3) is 0.375. The van der Waals surface area contributed by atoms with Gasteiger partial charge in [-0.3, -0.25) is 24.6 Å². The van der Waals surface area contributed by atoms with E-state index in [1.165, 1.54) is 0 Å². The van der Waals surface area contributed by atoms with E-state index in [1.807, 2.05) is 24.3 Å². The van der Waals surface area contributed by atoms with Crippen LogP contribution >= 0.6 is 23.2 Å². The topological polar surface area (TPSA) is 73.0 Å². The van der Waals surface area contributed by atoms with Gasteiger partial charge in [0, 0.05) is 51.3 Å². The quantitative estimate of drug-likeness (QED) is 0.672. The van der Waals surface area contributed by atoms with Crippen molar-refractivity contribution in [2.24, 2.45) is 0 Å². The summed E-state index contributed by atoms with van der Waals surface area (Å²) in [7, 11) is 0. The summed E-state index contributed by atoms with van der Waals surface area (Å²) in [4.78, 5) is 43.1. The van der Waals surface area contributed by atoms with Crippen LogP contribution in [0.3, 0.4) is 0 Å². The van der Waals surface area contributed by atoms with Crippen LogP contribution in [0.15, 0.2) is 36.4 Å². The van der Waals surface area contributed by atoms with E-state index in [-0.39, 0.29) is 24.1 Å². The van der Waals surface area contributed by atoms with Crippen LogP contribution in [0.25, 0.3) is 0 Å². The number of halogens is 2. The summed E-state index contributed by atoms with van der Waals surface area (Å²) in [6.07, 6.45) is 0.623. The largest absolute Gasteiger partial charge is 0.368 e. The minimum Gasteiger partial charge on any atom is -0.368 e. The predicted octanol–water partition coefficient (Wildman–Crippen LogP) is 3.08. The molecule has 2 aromatic carbocycles. The van der Waals surface area contributed by atoms with Gasteiger partial charge in [0.1, 0.15) is 6.04 Å². The molecule has 3 aliphatic heterocycles. The molecule has 2 saturated heterocycles. The van der Waals surface area contributed by atoms with Gasteiger partial charge in [-0.05, 0) is 35.7 Å². The number of piperazine rings is 1. The number of nitrogens with one attached hydrogen (secondary N) is 1. The monoisotopic (exact) mass is 486 g/mol. The summed E-state index contributed by atoms with van der Waals surface area (Å²) in [5.41, 5.74) is 3.69. The Morgan fingerprint density at radius 3 is 2.48 bits per heavy atom. The number of anilines is 1. The molecule has 0 spiro atoms. The van der Waals surface area contributed by atoms with Crippen molar-refractivity contribution in [3.63, 3.8) is 0 Å². The molecule has 0 aromatic heterocycles. The third-order valence-electron chi connectivity index (χ3n) is 6.72. The molecule has 172 valence electrons. The van der Waals surface area contributed by atoms with Crippen molar-refractivity contribution in [3.05, 3.63) is 63.1 Å². The summed E-state index contributed by atoms with van der Waals surface area (Å²) in [5.74, 6) is -0.800. The van der Waals surface area contributed by atoms with Crippen LogP contribution in [-0.4, -0.2) is 59.7 Å². The van der Waals surface area contributed by atoms with E-state index in [1.54, 1.807) is 11.0 Å². The lowest BCUT2D eigenvalue weighted by atomic mass is 10.0. The number of rotatable bonds is 4. The molecule has 0 aliphatic carbocycles. The van der Waals surface area contributed by atoms with Gasteiger partial charge in [-0.15, -0.1) is 0 Å².